The Kier molecular flexibility index (Phi) is 1.91. The first kappa shape index (κ1) is 8.54. The minimum atomic E-state index is 0.510. The van der Waals surface area contributed by atoms with Gasteiger partial charge >= 0.3 is 0 Å². The molecule has 2 atom stereocenters. The highest BCUT2D eigenvalue weighted by Crippen LogP contribution is 2.44. The molecule has 1 aromatic heterocycles. The van der Waals surface area contributed by atoms with Gasteiger partial charge in [-0.3, -0.25) is 0 Å². The molecule has 2 fully saturated rings. The zero-order chi connectivity index (χ0) is 9.54. The predicted octanol–water partition coefficient (Wildman–Crippen LogP) is 2.65. The van der Waals surface area contributed by atoms with Crippen LogP contribution in [0.5, 0.6) is 0 Å². The summed E-state index contributed by atoms with van der Waals surface area (Å²) in [4.78, 5) is 0. The lowest BCUT2D eigenvalue weighted by molar-refractivity contribution is 0.0813. The Balaban J connectivity index is 1.76. The van der Waals surface area contributed by atoms with E-state index in [2.05, 4.69) is 18.3 Å². The molecule has 0 bridgehead atoms. The van der Waals surface area contributed by atoms with E-state index in [4.69, 9.17) is 4.42 Å². The maximum Gasteiger partial charge on any atom is 0.123 e. The Morgan fingerprint density at radius 3 is 2.71 bits per heavy atom. The summed E-state index contributed by atoms with van der Waals surface area (Å²) in [6, 6.07) is 2.57. The topological polar surface area (TPSA) is 25.2 Å². The quantitative estimate of drug-likeness (QED) is 0.777. The number of aryl methyl sites for hydroxylation is 1. The summed E-state index contributed by atoms with van der Waals surface area (Å²) in [5, 5.41) is 3.49. The first-order valence-electron chi connectivity index (χ1n) is 5.63. The van der Waals surface area contributed by atoms with Crippen LogP contribution in [0.4, 0.5) is 0 Å². The normalized spacial score (nSPS) is 32.4. The van der Waals surface area contributed by atoms with Crippen LogP contribution < -0.4 is 5.32 Å². The van der Waals surface area contributed by atoms with Gasteiger partial charge in [0, 0.05) is 6.54 Å². The Hall–Kier alpha value is -0.760. The van der Waals surface area contributed by atoms with E-state index in [1.807, 2.05) is 6.26 Å². The minimum Gasteiger partial charge on any atom is -0.467 e. The van der Waals surface area contributed by atoms with Crippen molar-refractivity contribution in [2.75, 3.05) is 6.54 Å². The summed E-state index contributed by atoms with van der Waals surface area (Å²) in [5.74, 6) is 2.98. The van der Waals surface area contributed by atoms with E-state index in [-0.39, 0.29) is 0 Å². The zero-order valence-electron chi connectivity index (χ0n) is 8.62. The van der Waals surface area contributed by atoms with Crippen molar-refractivity contribution in [3.8, 4) is 0 Å². The molecule has 1 saturated carbocycles. The molecule has 0 radical (unpaired) electrons. The van der Waals surface area contributed by atoms with Crippen LogP contribution in [0.15, 0.2) is 16.7 Å². The Morgan fingerprint density at radius 1 is 1.43 bits per heavy atom. The SMILES string of the molecule is Cc1ccoc1C1NCC1C1CCC1. The maximum atomic E-state index is 5.55. The monoisotopic (exact) mass is 191 g/mol. The molecule has 0 aromatic carbocycles. The number of hydrogen-bond acceptors (Lipinski definition) is 2. The van der Waals surface area contributed by atoms with E-state index in [1.54, 1.807) is 0 Å². The Morgan fingerprint density at radius 2 is 2.29 bits per heavy atom. The fraction of sp³-hybridized carbons (Fsp3) is 0.667. The molecule has 1 aliphatic heterocycles. The van der Waals surface area contributed by atoms with Gasteiger partial charge in [0.05, 0.1) is 12.3 Å². The summed E-state index contributed by atoms with van der Waals surface area (Å²) in [7, 11) is 0. The molecule has 1 aromatic rings. The summed E-state index contributed by atoms with van der Waals surface area (Å²) >= 11 is 0. The highest BCUT2D eigenvalue weighted by molar-refractivity contribution is 5.21. The zero-order valence-corrected chi connectivity index (χ0v) is 8.62. The molecule has 14 heavy (non-hydrogen) atoms. The maximum absolute atomic E-state index is 5.55. The third-order valence-electron chi connectivity index (χ3n) is 3.94. The van der Waals surface area contributed by atoms with Gasteiger partial charge in [0.15, 0.2) is 0 Å². The molecule has 2 heterocycles. The highest BCUT2D eigenvalue weighted by Gasteiger charge is 2.41. The van der Waals surface area contributed by atoms with E-state index in [0.717, 1.165) is 11.8 Å². The molecule has 1 aliphatic carbocycles. The van der Waals surface area contributed by atoms with Crippen molar-refractivity contribution in [3.63, 3.8) is 0 Å². The van der Waals surface area contributed by atoms with Crippen LogP contribution in [0.2, 0.25) is 0 Å². The highest BCUT2D eigenvalue weighted by atomic mass is 16.3. The van der Waals surface area contributed by atoms with Crippen molar-refractivity contribution < 1.29 is 4.42 Å². The van der Waals surface area contributed by atoms with Crippen molar-refractivity contribution in [1.29, 1.82) is 0 Å². The summed E-state index contributed by atoms with van der Waals surface area (Å²) in [6.45, 7) is 3.33. The summed E-state index contributed by atoms with van der Waals surface area (Å²) in [5.41, 5.74) is 1.30. The van der Waals surface area contributed by atoms with E-state index in [9.17, 15) is 0 Å². The van der Waals surface area contributed by atoms with Crippen molar-refractivity contribution in [1.82, 2.24) is 5.32 Å². The fourth-order valence-corrected chi connectivity index (χ4v) is 2.67. The van der Waals surface area contributed by atoms with Crippen LogP contribution in [0, 0.1) is 18.8 Å². The standard InChI is InChI=1S/C12H17NO/c1-8-5-6-14-12(8)11-10(7-13-11)9-3-2-4-9/h5-6,9-11,13H,2-4,7H2,1H3. The molecule has 2 unspecified atom stereocenters. The molecule has 1 N–H and O–H groups in total. The minimum absolute atomic E-state index is 0.510. The first-order valence-corrected chi connectivity index (χ1v) is 5.63. The Labute approximate surface area is 84.7 Å². The molecular formula is C12H17NO. The van der Waals surface area contributed by atoms with Crippen molar-refractivity contribution in [2.24, 2.45) is 11.8 Å². The molecule has 2 heteroatoms. The molecule has 2 nitrogen and oxygen atoms in total. The van der Waals surface area contributed by atoms with Gasteiger partial charge in [0.2, 0.25) is 0 Å². The number of hydrogen-bond donors (Lipinski definition) is 1. The molecule has 76 valence electrons. The van der Waals surface area contributed by atoms with E-state index in [0.29, 0.717) is 6.04 Å². The molecule has 0 amide bonds. The van der Waals surface area contributed by atoms with E-state index in [1.165, 1.54) is 37.1 Å². The molecule has 1 saturated heterocycles. The Bertz CT molecular complexity index is 327. The number of furan rings is 1. The van der Waals surface area contributed by atoms with Gasteiger partial charge in [-0.15, -0.1) is 0 Å². The lowest BCUT2D eigenvalue weighted by Gasteiger charge is -2.45. The van der Waals surface area contributed by atoms with E-state index >= 15 is 0 Å². The summed E-state index contributed by atoms with van der Waals surface area (Å²) < 4.78 is 5.55. The third kappa shape index (κ3) is 1.13. The third-order valence-corrected chi connectivity index (χ3v) is 3.94. The largest absolute Gasteiger partial charge is 0.467 e. The van der Waals surface area contributed by atoms with Gasteiger partial charge in [0.25, 0.3) is 0 Å². The lowest BCUT2D eigenvalue weighted by atomic mass is 9.69. The summed E-state index contributed by atoms with van der Waals surface area (Å²) in [6.07, 6.45) is 6.11. The van der Waals surface area contributed by atoms with Gasteiger partial charge in [-0.25, -0.2) is 0 Å². The molecule has 0 spiro atoms. The second kappa shape index (κ2) is 3.13. The van der Waals surface area contributed by atoms with Gasteiger partial charge in [-0.2, -0.15) is 0 Å². The van der Waals surface area contributed by atoms with E-state index < -0.39 is 0 Å². The van der Waals surface area contributed by atoms with Crippen LogP contribution in [-0.4, -0.2) is 6.54 Å². The van der Waals surface area contributed by atoms with Gasteiger partial charge in [-0.1, -0.05) is 19.3 Å². The second-order valence-corrected chi connectivity index (χ2v) is 4.71. The van der Waals surface area contributed by atoms with Crippen LogP contribution in [0.3, 0.4) is 0 Å². The molecular weight excluding hydrogens is 174 g/mol. The van der Waals surface area contributed by atoms with Crippen molar-refractivity contribution in [2.45, 2.75) is 32.2 Å². The smallest absolute Gasteiger partial charge is 0.123 e. The molecule has 2 aliphatic rings. The van der Waals surface area contributed by atoms with Crippen molar-refractivity contribution >= 4 is 0 Å². The van der Waals surface area contributed by atoms with Crippen LogP contribution >= 0.6 is 0 Å². The van der Waals surface area contributed by atoms with Gasteiger partial charge in [0.1, 0.15) is 5.76 Å². The number of rotatable bonds is 2. The van der Waals surface area contributed by atoms with Gasteiger partial charge < -0.3 is 9.73 Å². The van der Waals surface area contributed by atoms with Crippen LogP contribution in [0.25, 0.3) is 0 Å². The predicted molar refractivity (Wildman–Crippen MR) is 55.0 cm³/mol. The fourth-order valence-electron chi connectivity index (χ4n) is 2.67. The van der Waals surface area contributed by atoms with Crippen molar-refractivity contribution in [3.05, 3.63) is 23.7 Å². The van der Waals surface area contributed by atoms with Gasteiger partial charge in [-0.05, 0) is 30.4 Å². The molecule has 3 rings (SSSR count). The second-order valence-electron chi connectivity index (χ2n) is 4.71. The van der Waals surface area contributed by atoms with Crippen LogP contribution in [-0.2, 0) is 0 Å². The first-order chi connectivity index (χ1) is 6.86. The van der Waals surface area contributed by atoms with Crippen LogP contribution in [0.1, 0.15) is 36.6 Å². The average molecular weight is 191 g/mol. The average Bonchev–Trinajstić information content (AvgIpc) is 2.43. The number of nitrogens with one attached hydrogen (secondary N) is 1. The lowest BCUT2D eigenvalue weighted by Crippen LogP contribution is -2.50.